The van der Waals surface area contributed by atoms with Crippen LogP contribution in [-0.4, -0.2) is 19.3 Å². The van der Waals surface area contributed by atoms with Crippen molar-refractivity contribution < 1.29 is 9.31 Å². The Kier molecular flexibility index (Phi) is 5.33. The van der Waals surface area contributed by atoms with Gasteiger partial charge in [-0.05, 0) is 33.8 Å². The monoisotopic (exact) mass is 240 g/mol. The molecule has 0 saturated heterocycles. The largest absolute Gasteiger partial charge is 0.495 e. The van der Waals surface area contributed by atoms with E-state index < -0.39 is 7.12 Å². The number of hydrogen-bond donors (Lipinski definition) is 0. The zero-order valence-electron chi connectivity index (χ0n) is 10.2. The SMILES string of the molecule is CC(C)OB(OC(C)C)c1ccccc1Cl. The Morgan fingerprint density at radius 2 is 1.50 bits per heavy atom. The van der Waals surface area contributed by atoms with Crippen LogP contribution in [-0.2, 0) is 9.31 Å². The van der Waals surface area contributed by atoms with E-state index >= 15 is 0 Å². The zero-order valence-corrected chi connectivity index (χ0v) is 11.0. The quantitative estimate of drug-likeness (QED) is 0.737. The summed E-state index contributed by atoms with van der Waals surface area (Å²) < 4.78 is 11.4. The maximum Gasteiger partial charge on any atom is 0.495 e. The molecular formula is C12H18BClO2. The molecule has 1 aromatic carbocycles. The Bertz CT molecular complexity index is 319. The highest BCUT2D eigenvalue weighted by molar-refractivity contribution is 6.65. The molecule has 0 amide bonds. The van der Waals surface area contributed by atoms with Crippen LogP contribution in [0.1, 0.15) is 27.7 Å². The van der Waals surface area contributed by atoms with E-state index in [1.807, 2.05) is 52.0 Å². The standard InChI is InChI=1S/C12H18BClO2/c1-9(2)15-13(16-10(3)4)11-7-5-6-8-12(11)14/h5-10H,1-4H3. The van der Waals surface area contributed by atoms with E-state index in [1.165, 1.54) is 0 Å². The van der Waals surface area contributed by atoms with Gasteiger partial charge in [-0.15, -0.1) is 0 Å². The van der Waals surface area contributed by atoms with Crippen molar-refractivity contribution in [2.45, 2.75) is 39.9 Å². The molecule has 0 aliphatic carbocycles. The fourth-order valence-corrected chi connectivity index (χ4v) is 1.56. The van der Waals surface area contributed by atoms with Crippen molar-refractivity contribution in [3.05, 3.63) is 29.3 Å². The van der Waals surface area contributed by atoms with E-state index in [0.717, 1.165) is 5.46 Å². The Morgan fingerprint density at radius 3 is 1.94 bits per heavy atom. The summed E-state index contributed by atoms with van der Waals surface area (Å²) >= 11 is 6.13. The lowest BCUT2D eigenvalue weighted by molar-refractivity contribution is 0.139. The molecule has 0 aromatic heterocycles. The molecule has 0 heterocycles. The van der Waals surface area contributed by atoms with Crippen LogP contribution < -0.4 is 5.46 Å². The van der Waals surface area contributed by atoms with Gasteiger partial charge >= 0.3 is 7.12 Å². The first-order valence-corrected chi connectivity index (χ1v) is 5.94. The molecule has 0 aliphatic rings. The minimum absolute atomic E-state index is 0.0972. The fourth-order valence-electron chi connectivity index (χ4n) is 1.34. The molecule has 0 bridgehead atoms. The highest BCUT2D eigenvalue weighted by Crippen LogP contribution is 2.09. The molecular weight excluding hydrogens is 222 g/mol. The molecule has 0 saturated carbocycles. The van der Waals surface area contributed by atoms with Gasteiger partial charge in [0.1, 0.15) is 0 Å². The van der Waals surface area contributed by atoms with Crippen LogP contribution in [0.5, 0.6) is 0 Å². The highest BCUT2D eigenvalue weighted by Gasteiger charge is 2.26. The van der Waals surface area contributed by atoms with E-state index in [2.05, 4.69) is 0 Å². The summed E-state index contributed by atoms with van der Waals surface area (Å²) in [5.41, 5.74) is 0.881. The predicted octanol–water partition coefficient (Wildman–Crippen LogP) is 2.89. The molecule has 0 atom stereocenters. The number of hydrogen-bond acceptors (Lipinski definition) is 2. The molecule has 0 aliphatic heterocycles. The van der Waals surface area contributed by atoms with E-state index in [-0.39, 0.29) is 12.2 Å². The first kappa shape index (κ1) is 13.6. The summed E-state index contributed by atoms with van der Waals surface area (Å²) in [5, 5.41) is 0.675. The number of benzene rings is 1. The lowest BCUT2D eigenvalue weighted by atomic mass is 9.78. The third-order valence-corrected chi connectivity index (χ3v) is 2.29. The van der Waals surface area contributed by atoms with Crippen molar-refractivity contribution in [1.82, 2.24) is 0 Å². The van der Waals surface area contributed by atoms with Gasteiger partial charge in [-0.25, -0.2) is 0 Å². The number of rotatable bonds is 5. The summed E-state index contributed by atoms with van der Waals surface area (Å²) in [6.45, 7) is 7.92. The summed E-state index contributed by atoms with van der Waals surface area (Å²) in [7, 11) is -0.395. The maximum absolute atomic E-state index is 6.13. The predicted molar refractivity (Wildman–Crippen MR) is 69.3 cm³/mol. The molecule has 0 N–H and O–H groups in total. The Balaban J connectivity index is 2.87. The van der Waals surface area contributed by atoms with Gasteiger partial charge in [-0.3, -0.25) is 0 Å². The molecule has 2 nitrogen and oxygen atoms in total. The first-order valence-electron chi connectivity index (χ1n) is 5.56. The van der Waals surface area contributed by atoms with Crippen LogP contribution in [0.4, 0.5) is 0 Å². The maximum atomic E-state index is 6.13. The molecule has 16 heavy (non-hydrogen) atoms. The highest BCUT2D eigenvalue weighted by atomic mass is 35.5. The van der Waals surface area contributed by atoms with Gasteiger partial charge in [0.05, 0.1) is 0 Å². The average molecular weight is 241 g/mol. The topological polar surface area (TPSA) is 18.5 Å². The van der Waals surface area contributed by atoms with Crippen molar-refractivity contribution in [3.8, 4) is 0 Å². The van der Waals surface area contributed by atoms with Gasteiger partial charge in [0.2, 0.25) is 0 Å². The zero-order chi connectivity index (χ0) is 12.1. The minimum Gasteiger partial charge on any atom is -0.405 e. The molecule has 4 heteroatoms. The van der Waals surface area contributed by atoms with Crippen molar-refractivity contribution in [2.24, 2.45) is 0 Å². The van der Waals surface area contributed by atoms with E-state index in [0.29, 0.717) is 5.02 Å². The van der Waals surface area contributed by atoms with Crippen molar-refractivity contribution >= 4 is 24.2 Å². The summed E-state index contributed by atoms with van der Waals surface area (Å²) in [6.07, 6.45) is 0.194. The van der Waals surface area contributed by atoms with Crippen LogP contribution >= 0.6 is 11.6 Å². The van der Waals surface area contributed by atoms with Gasteiger partial charge < -0.3 is 9.31 Å². The van der Waals surface area contributed by atoms with Crippen LogP contribution in [0, 0.1) is 0 Å². The van der Waals surface area contributed by atoms with Crippen LogP contribution in [0.3, 0.4) is 0 Å². The second kappa shape index (κ2) is 6.28. The van der Waals surface area contributed by atoms with Crippen LogP contribution in [0.2, 0.25) is 5.02 Å². The van der Waals surface area contributed by atoms with Crippen LogP contribution in [0.25, 0.3) is 0 Å². The van der Waals surface area contributed by atoms with E-state index in [1.54, 1.807) is 0 Å². The lowest BCUT2D eigenvalue weighted by Crippen LogP contribution is -2.41. The smallest absolute Gasteiger partial charge is 0.405 e. The van der Waals surface area contributed by atoms with Crippen molar-refractivity contribution in [2.75, 3.05) is 0 Å². The van der Waals surface area contributed by atoms with Crippen molar-refractivity contribution in [1.29, 1.82) is 0 Å². The van der Waals surface area contributed by atoms with Gasteiger partial charge in [0.25, 0.3) is 0 Å². The molecule has 0 spiro atoms. The van der Waals surface area contributed by atoms with Crippen LogP contribution in [0.15, 0.2) is 24.3 Å². The molecule has 88 valence electrons. The van der Waals surface area contributed by atoms with E-state index in [4.69, 9.17) is 20.9 Å². The average Bonchev–Trinajstić information content (AvgIpc) is 2.15. The molecule has 1 rings (SSSR count). The second-order valence-electron chi connectivity index (χ2n) is 4.22. The molecule has 0 unspecified atom stereocenters. The summed E-state index contributed by atoms with van der Waals surface area (Å²) in [5.74, 6) is 0. The Labute approximate surface area is 103 Å². The van der Waals surface area contributed by atoms with Gasteiger partial charge in [-0.1, -0.05) is 29.8 Å². The molecule has 1 aromatic rings. The second-order valence-corrected chi connectivity index (χ2v) is 4.63. The lowest BCUT2D eigenvalue weighted by Gasteiger charge is -2.20. The summed E-state index contributed by atoms with van der Waals surface area (Å²) in [6, 6.07) is 7.60. The van der Waals surface area contributed by atoms with Gasteiger partial charge in [0, 0.05) is 22.7 Å². The first-order chi connectivity index (χ1) is 7.50. The Morgan fingerprint density at radius 1 is 1.00 bits per heavy atom. The third-order valence-electron chi connectivity index (χ3n) is 1.95. The van der Waals surface area contributed by atoms with Crippen molar-refractivity contribution in [3.63, 3.8) is 0 Å². The van der Waals surface area contributed by atoms with Gasteiger partial charge in [-0.2, -0.15) is 0 Å². The van der Waals surface area contributed by atoms with E-state index in [9.17, 15) is 0 Å². The molecule has 0 fully saturated rings. The Hall–Kier alpha value is -0.505. The molecule has 0 radical (unpaired) electrons. The third kappa shape index (κ3) is 4.16. The number of halogens is 1. The van der Waals surface area contributed by atoms with Gasteiger partial charge in [0.15, 0.2) is 0 Å². The normalized spacial score (nSPS) is 11.2. The summed E-state index contributed by atoms with van der Waals surface area (Å²) in [4.78, 5) is 0. The fraction of sp³-hybridized carbons (Fsp3) is 0.500. The minimum atomic E-state index is -0.395.